The van der Waals surface area contributed by atoms with Gasteiger partial charge in [0.25, 0.3) is 11.5 Å². The first kappa shape index (κ1) is 18.2. The first-order valence-corrected chi connectivity index (χ1v) is 8.34. The second-order valence-corrected chi connectivity index (χ2v) is 5.84. The molecule has 0 aliphatic heterocycles. The van der Waals surface area contributed by atoms with Crippen molar-refractivity contribution in [3.8, 4) is 5.75 Å². The zero-order valence-corrected chi connectivity index (χ0v) is 14.7. The fourth-order valence-corrected chi connectivity index (χ4v) is 2.62. The molecule has 0 fully saturated rings. The number of hydrogen-bond acceptors (Lipinski definition) is 5. The Balaban J connectivity index is 1.69. The molecule has 0 atom stereocenters. The highest BCUT2D eigenvalue weighted by atomic mass is 16.5. The molecule has 0 unspecified atom stereocenters. The number of ether oxygens (including phenoxy) is 1. The van der Waals surface area contributed by atoms with Crippen molar-refractivity contribution < 1.29 is 13.9 Å². The molecule has 2 heterocycles. The molecule has 0 aliphatic carbocycles. The van der Waals surface area contributed by atoms with E-state index >= 15 is 0 Å². The molecule has 0 aliphatic rings. The van der Waals surface area contributed by atoms with Crippen LogP contribution in [0.3, 0.4) is 0 Å². The van der Waals surface area contributed by atoms with Gasteiger partial charge in [0, 0.05) is 12.7 Å². The summed E-state index contributed by atoms with van der Waals surface area (Å²) in [7, 11) is 1.59. The molecular weight excluding hydrogens is 350 g/mol. The van der Waals surface area contributed by atoms with E-state index in [9.17, 15) is 14.4 Å². The summed E-state index contributed by atoms with van der Waals surface area (Å²) in [5.41, 5.74) is -0.420. The minimum absolute atomic E-state index is 0.0495. The summed E-state index contributed by atoms with van der Waals surface area (Å²) in [6.45, 7) is 0.287. The molecular formula is C19H19N3O5. The fraction of sp³-hybridized carbons (Fsp3) is 0.211. The number of rotatable bonds is 7. The Morgan fingerprint density at radius 2 is 2.11 bits per heavy atom. The number of H-pyrrole nitrogens is 1. The van der Waals surface area contributed by atoms with Gasteiger partial charge in [0.05, 0.1) is 19.9 Å². The summed E-state index contributed by atoms with van der Waals surface area (Å²) in [4.78, 5) is 39.2. The predicted molar refractivity (Wildman–Crippen MR) is 98.2 cm³/mol. The van der Waals surface area contributed by atoms with Gasteiger partial charge in [-0.25, -0.2) is 4.79 Å². The zero-order valence-electron chi connectivity index (χ0n) is 14.7. The molecule has 8 heteroatoms. The predicted octanol–water partition coefficient (Wildman–Crippen LogP) is 1.16. The van der Waals surface area contributed by atoms with Crippen molar-refractivity contribution in [2.75, 3.05) is 13.7 Å². The maximum absolute atomic E-state index is 12.5. The molecule has 1 aromatic carbocycles. The van der Waals surface area contributed by atoms with Gasteiger partial charge < -0.3 is 19.5 Å². The number of furan rings is 1. The Hall–Kier alpha value is -3.55. The molecule has 0 saturated carbocycles. The number of benzene rings is 1. The van der Waals surface area contributed by atoms with Gasteiger partial charge in [-0.05, 0) is 36.2 Å². The summed E-state index contributed by atoms with van der Waals surface area (Å²) in [5, 5.41) is 2.69. The Bertz CT molecular complexity index is 1030. The van der Waals surface area contributed by atoms with Gasteiger partial charge in [-0.3, -0.25) is 14.2 Å². The van der Waals surface area contributed by atoms with E-state index in [4.69, 9.17) is 9.15 Å². The van der Waals surface area contributed by atoms with Gasteiger partial charge in [-0.1, -0.05) is 12.1 Å². The number of nitrogens with one attached hydrogen (secondary N) is 2. The topological polar surface area (TPSA) is 106 Å². The SMILES string of the molecule is COc1cccc(CCNC(=O)c2c[nH]c(=O)n(Cc3ccco3)c2=O)c1. The maximum Gasteiger partial charge on any atom is 0.328 e. The number of hydrogen-bond donors (Lipinski definition) is 2. The number of aromatic amines is 1. The Morgan fingerprint density at radius 1 is 1.26 bits per heavy atom. The number of methoxy groups -OCH3 is 1. The van der Waals surface area contributed by atoms with E-state index in [1.54, 1.807) is 19.2 Å². The van der Waals surface area contributed by atoms with Gasteiger partial charge in [-0.15, -0.1) is 0 Å². The number of aromatic nitrogens is 2. The van der Waals surface area contributed by atoms with Crippen LogP contribution >= 0.6 is 0 Å². The highest BCUT2D eigenvalue weighted by Crippen LogP contribution is 2.12. The van der Waals surface area contributed by atoms with Crippen LogP contribution < -0.4 is 21.3 Å². The molecule has 8 nitrogen and oxygen atoms in total. The largest absolute Gasteiger partial charge is 0.497 e. The normalized spacial score (nSPS) is 10.6. The zero-order chi connectivity index (χ0) is 19.2. The molecule has 0 radical (unpaired) electrons. The molecule has 1 amide bonds. The molecule has 0 bridgehead atoms. The number of nitrogens with zero attached hydrogens (tertiary/aromatic N) is 1. The number of carbonyl (C=O) groups excluding carboxylic acids is 1. The molecule has 27 heavy (non-hydrogen) atoms. The second-order valence-electron chi connectivity index (χ2n) is 5.84. The van der Waals surface area contributed by atoms with Gasteiger partial charge >= 0.3 is 5.69 Å². The molecule has 3 aromatic rings. The molecule has 0 saturated heterocycles. The highest BCUT2D eigenvalue weighted by molar-refractivity contribution is 5.93. The lowest BCUT2D eigenvalue weighted by molar-refractivity contribution is 0.0951. The molecule has 0 spiro atoms. The van der Waals surface area contributed by atoms with Crippen molar-refractivity contribution in [3.63, 3.8) is 0 Å². The van der Waals surface area contributed by atoms with Crippen LogP contribution in [0.5, 0.6) is 5.75 Å². The third-order valence-electron chi connectivity index (χ3n) is 4.03. The molecule has 3 rings (SSSR count). The summed E-state index contributed by atoms with van der Waals surface area (Å²) in [5.74, 6) is 0.630. The lowest BCUT2D eigenvalue weighted by atomic mass is 10.1. The van der Waals surface area contributed by atoms with Crippen molar-refractivity contribution in [1.82, 2.24) is 14.9 Å². The Kier molecular flexibility index (Phi) is 5.55. The van der Waals surface area contributed by atoms with Crippen LogP contribution in [-0.2, 0) is 13.0 Å². The van der Waals surface area contributed by atoms with Crippen LogP contribution in [0.25, 0.3) is 0 Å². The van der Waals surface area contributed by atoms with Gasteiger partial charge in [0.15, 0.2) is 0 Å². The third kappa shape index (κ3) is 4.35. The van der Waals surface area contributed by atoms with E-state index in [0.29, 0.717) is 18.7 Å². The third-order valence-corrected chi connectivity index (χ3v) is 4.03. The van der Waals surface area contributed by atoms with Crippen molar-refractivity contribution in [1.29, 1.82) is 0 Å². The second kappa shape index (κ2) is 8.22. The Labute approximate surface area is 154 Å². The maximum atomic E-state index is 12.5. The van der Waals surface area contributed by atoms with E-state index in [-0.39, 0.29) is 12.1 Å². The van der Waals surface area contributed by atoms with Gasteiger partial charge in [0.2, 0.25) is 0 Å². The van der Waals surface area contributed by atoms with Crippen LogP contribution in [0, 0.1) is 0 Å². The quantitative estimate of drug-likeness (QED) is 0.650. The summed E-state index contributed by atoms with van der Waals surface area (Å²) < 4.78 is 11.2. The lowest BCUT2D eigenvalue weighted by Crippen LogP contribution is -2.41. The van der Waals surface area contributed by atoms with E-state index in [1.165, 1.54) is 6.26 Å². The van der Waals surface area contributed by atoms with E-state index in [1.807, 2.05) is 24.3 Å². The van der Waals surface area contributed by atoms with Crippen LogP contribution in [0.15, 0.2) is 62.9 Å². The standard InChI is InChI=1S/C19H19N3O5/c1-26-14-5-2-4-13(10-14)7-8-20-17(23)16-11-21-19(25)22(18(16)24)12-15-6-3-9-27-15/h2-6,9-11H,7-8,12H2,1H3,(H,20,23)(H,21,25). The van der Waals surface area contributed by atoms with Gasteiger partial charge in [0.1, 0.15) is 17.1 Å². The minimum Gasteiger partial charge on any atom is -0.497 e. The van der Waals surface area contributed by atoms with Crippen LogP contribution in [0.1, 0.15) is 21.7 Å². The minimum atomic E-state index is -0.672. The van der Waals surface area contributed by atoms with E-state index in [2.05, 4.69) is 10.3 Å². The fourth-order valence-electron chi connectivity index (χ4n) is 2.62. The van der Waals surface area contributed by atoms with Gasteiger partial charge in [-0.2, -0.15) is 0 Å². The van der Waals surface area contributed by atoms with Crippen LogP contribution in [-0.4, -0.2) is 29.1 Å². The first-order chi connectivity index (χ1) is 13.1. The monoisotopic (exact) mass is 369 g/mol. The average Bonchev–Trinajstić information content (AvgIpc) is 3.18. The van der Waals surface area contributed by atoms with Crippen molar-refractivity contribution in [3.05, 3.63) is 86.6 Å². The van der Waals surface area contributed by atoms with Crippen molar-refractivity contribution in [2.24, 2.45) is 0 Å². The molecule has 2 aromatic heterocycles. The first-order valence-electron chi connectivity index (χ1n) is 8.34. The van der Waals surface area contributed by atoms with Crippen LogP contribution in [0.2, 0.25) is 0 Å². The van der Waals surface area contributed by atoms with Crippen molar-refractivity contribution >= 4 is 5.91 Å². The van der Waals surface area contributed by atoms with E-state index < -0.39 is 17.2 Å². The number of amides is 1. The summed E-state index contributed by atoms with van der Waals surface area (Å²) in [6.07, 6.45) is 3.15. The van der Waals surface area contributed by atoms with E-state index in [0.717, 1.165) is 22.1 Å². The van der Waals surface area contributed by atoms with Crippen molar-refractivity contribution in [2.45, 2.75) is 13.0 Å². The number of carbonyl (C=O) groups is 1. The lowest BCUT2D eigenvalue weighted by Gasteiger charge is -2.08. The molecule has 2 N–H and O–H groups in total. The summed E-state index contributed by atoms with van der Waals surface area (Å²) in [6, 6.07) is 10.8. The Morgan fingerprint density at radius 3 is 2.85 bits per heavy atom. The smallest absolute Gasteiger partial charge is 0.328 e. The highest BCUT2D eigenvalue weighted by Gasteiger charge is 2.15. The average molecular weight is 369 g/mol. The summed E-state index contributed by atoms with van der Waals surface area (Å²) >= 11 is 0. The molecule has 140 valence electrons. The van der Waals surface area contributed by atoms with Crippen LogP contribution in [0.4, 0.5) is 0 Å².